The van der Waals surface area contributed by atoms with Crippen LogP contribution in [0.1, 0.15) is 6.42 Å². The number of phosphoric ester groups is 1. The molecule has 0 aliphatic heterocycles. The van der Waals surface area contributed by atoms with Crippen molar-refractivity contribution in [3.05, 3.63) is 67.0 Å². The molecule has 16 heteroatoms. The molecule has 0 saturated heterocycles. The Hall–Kier alpha value is -3.98. The normalized spacial score (nSPS) is 11.7. The topological polar surface area (TPSA) is 173 Å². The van der Waals surface area contributed by atoms with E-state index in [1.165, 1.54) is 29.2 Å². The van der Waals surface area contributed by atoms with Crippen molar-refractivity contribution in [3.8, 4) is 5.75 Å². The molecule has 1 amide bonds. The Morgan fingerprint density at radius 3 is 2.70 bits per heavy atom. The molecule has 0 radical (unpaired) electrons. The number of phosphoric acid groups is 1. The number of hydrogen-bond acceptors (Lipinski definition) is 10. The van der Waals surface area contributed by atoms with E-state index < -0.39 is 13.6 Å². The predicted molar refractivity (Wildman–Crippen MR) is 157 cm³/mol. The lowest BCUT2D eigenvalue weighted by molar-refractivity contribution is -0.116. The lowest BCUT2D eigenvalue weighted by Gasteiger charge is -2.22. The van der Waals surface area contributed by atoms with E-state index in [1.807, 2.05) is 17.0 Å². The van der Waals surface area contributed by atoms with Crippen LogP contribution in [0.4, 0.5) is 21.6 Å². The second-order valence-corrected chi connectivity index (χ2v) is 10.6. The third-order valence-corrected chi connectivity index (χ3v) is 6.60. The lowest BCUT2D eigenvalue weighted by Crippen LogP contribution is -2.32. The van der Waals surface area contributed by atoms with Gasteiger partial charge in [-0.25, -0.2) is 18.9 Å². The predicted octanol–water partition coefficient (Wildman–Crippen LogP) is 3.17. The van der Waals surface area contributed by atoms with Gasteiger partial charge in [-0.3, -0.25) is 18.9 Å². The Morgan fingerprint density at radius 1 is 1.07 bits per heavy atom. The van der Waals surface area contributed by atoms with Crippen molar-refractivity contribution >= 4 is 41.8 Å². The van der Waals surface area contributed by atoms with Crippen molar-refractivity contribution < 1.29 is 37.5 Å². The molecule has 0 bridgehead atoms. The summed E-state index contributed by atoms with van der Waals surface area (Å²) < 4.78 is 41.3. The number of fused-ring (bicyclic) bond motifs is 1. The fourth-order valence-corrected chi connectivity index (χ4v) is 4.43. The van der Waals surface area contributed by atoms with Gasteiger partial charge in [0, 0.05) is 50.1 Å². The summed E-state index contributed by atoms with van der Waals surface area (Å²) in [5.74, 6) is 0.386. The molecule has 4 rings (SSSR count). The molecular weight excluding hydrogens is 584 g/mol. The van der Waals surface area contributed by atoms with Crippen LogP contribution in [0, 0.1) is 5.82 Å². The van der Waals surface area contributed by atoms with Crippen LogP contribution in [-0.4, -0.2) is 86.9 Å². The molecule has 4 N–H and O–H groups in total. The smallest absolute Gasteiger partial charge is 0.469 e. The zero-order valence-electron chi connectivity index (χ0n) is 23.4. The molecule has 2 aromatic carbocycles. The van der Waals surface area contributed by atoms with Crippen molar-refractivity contribution in [2.75, 3.05) is 57.2 Å². The number of carbonyl (C=O) groups excluding carboxylic acids is 1. The van der Waals surface area contributed by atoms with Gasteiger partial charge in [0.05, 0.1) is 37.2 Å². The number of carbonyl (C=O) groups is 1. The monoisotopic (exact) mass is 617 g/mol. The van der Waals surface area contributed by atoms with Gasteiger partial charge in [0.25, 0.3) is 0 Å². The number of halogens is 1. The van der Waals surface area contributed by atoms with Crippen LogP contribution in [0.5, 0.6) is 5.75 Å². The number of amides is 1. The third-order valence-electron chi connectivity index (χ3n) is 6.08. The minimum absolute atomic E-state index is 0.0608. The van der Waals surface area contributed by atoms with Crippen molar-refractivity contribution in [1.82, 2.24) is 24.6 Å². The molecule has 0 spiro atoms. The van der Waals surface area contributed by atoms with Crippen molar-refractivity contribution in [2.45, 2.75) is 13.0 Å². The molecule has 230 valence electrons. The lowest BCUT2D eigenvalue weighted by atomic mass is 10.2. The van der Waals surface area contributed by atoms with E-state index in [0.717, 1.165) is 5.39 Å². The summed E-state index contributed by atoms with van der Waals surface area (Å²) in [5.41, 5.74) is 1.64. The van der Waals surface area contributed by atoms with E-state index in [2.05, 4.69) is 30.2 Å². The van der Waals surface area contributed by atoms with Crippen LogP contribution in [-0.2, 0) is 25.2 Å². The van der Waals surface area contributed by atoms with Crippen LogP contribution >= 0.6 is 7.82 Å². The number of aromatic nitrogens is 4. The summed E-state index contributed by atoms with van der Waals surface area (Å²) in [5, 5.41) is 10.8. The number of methoxy groups -OCH3 is 1. The molecule has 0 unspecified atom stereocenters. The minimum Gasteiger partial charge on any atom is -0.493 e. The molecular formula is C27H33FN7O7P. The summed E-state index contributed by atoms with van der Waals surface area (Å²) in [7, 11) is -2.92. The third kappa shape index (κ3) is 10.7. The highest BCUT2D eigenvalue weighted by Crippen LogP contribution is 2.35. The zero-order valence-corrected chi connectivity index (χ0v) is 24.3. The molecule has 2 heterocycles. The second kappa shape index (κ2) is 15.5. The SMILES string of the molecule is COCCN(CCCOc1ccc2c(Nc3cnn(CC(=O)Nc4cccc(F)c4)c3)ncnc2c1)CCOP(=O)(O)O. The minimum atomic E-state index is -4.51. The Bertz CT molecular complexity index is 1550. The highest BCUT2D eigenvalue weighted by Gasteiger charge is 2.15. The molecule has 43 heavy (non-hydrogen) atoms. The van der Waals surface area contributed by atoms with Gasteiger partial charge in [0.1, 0.15) is 30.3 Å². The molecule has 0 aliphatic rings. The van der Waals surface area contributed by atoms with E-state index in [9.17, 15) is 13.8 Å². The van der Waals surface area contributed by atoms with Crippen LogP contribution in [0.25, 0.3) is 10.9 Å². The maximum Gasteiger partial charge on any atom is 0.469 e. The van der Waals surface area contributed by atoms with Crippen LogP contribution < -0.4 is 15.4 Å². The van der Waals surface area contributed by atoms with Gasteiger partial charge in [0.2, 0.25) is 5.91 Å². The molecule has 14 nitrogen and oxygen atoms in total. The standard InChI is InChI=1S/C27H33FN7O7P/c1-40-12-9-34(10-13-42-43(37,38)39)8-3-11-41-23-6-7-24-25(15-23)29-19-30-27(24)33-22-16-31-35(17-22)18-26(36)32-21-5-2-4-20(28)14-21/h2,4-7,14-17,19H,3,8-13,18H2,1H3,(H,32,36)(H,29,30,33)(H2,37,38,39). The fraction of sp³-hybridized carbons (Fsp3) is 0.333. The highest BCUT2D eigenvalue weighted by atomic mass is 31.2. The molecule has 0 fully saturated rings. The van der Waals surface area contributed by atoms with Gasteiger partial charge in [0.15, 0.2) is 0 Å². The number of ether oxygens (including phenoxy) is 2. The Kier molecular flexibility index (Phi) is 11.5. The summed E-state index contributed by atoms with van der Waals surface area (Å²) in [6, 6.07) is 11.1. The van der Waals surface area contributed by atoms with Crippen molar-refractivity contribution in [3.63, 3.8) is 0 Å². The van der Waals surface area contributed by atoms with E-state index in [1.54, 1.807) is 31.6 Å². The molecule has 0 atom stereocenters. The molecule has 4 aromatic rings. The van der Waals surface area contributed by atoms with Gasteiger partial charge in [-0.05, 0) is 36.8 Å². The summed E-state index contributed by atoms with van der Waals surface area (Å²) in [6.45, 7) is 2.29. The number of hydrogen-bond donors (Lipinski definition) is 4. The Morgan fingerprint density at radius 2 is 1.91 bits per heavy atom. The first-order valence-corrected chi connectivity index (χ1v) is 14.9. The summed E-state index contributed by atoms with van der Waals surface area (Å²) in [6.07, 6.45) is 5.32. The van der Waals surface area contributed by atoms with Crippen LogP contribution in [0.2, 0.25) is 0 Å². The van der Waals surface area contributed by atoms with Gasteiger partial charge >= 0.3 is 7.82 Å². The van der Waals surface area contributed by atoms with Crippen molar-refractivity contribution in [1.29, 1.82) is 0 Å². The van der Waals surface area contributed by atoms with Crippen LogP contribution in [0.15, 0.2) is 61.2 Å². The first kappa shape index (κ1) is 31.9. The maximum absolute atomic E-state index is 13.4. The second-order valence-electron chi connectivity index (χ2n) is 9.37. The van der Waals surface area contributed by atoms with Gasteiger partial charge < -0.3 is 29.9 Å². The number of anilines is 3. The average molecular weight is 618 g/mol. The molecule has 0 aliphatic carbocycles. The van der Waals surface area contributed by atoms with E-state index in [4.69, 9.17) is 19.3 Å². The van der Waals surface area contributed by atoms with Gasteiger partial charge in [-0.15, -0.1) is 0 Å². The van der Waals surface area contributed by atoms with E-state index in [0.29, 0.717) is 67.7 Å². The first-order chi connectivity index (χ1) is 20.7. The summed E-state index contributed by atoms with van der Waals surface area (Å²) >= 11 is 0. The maximum atomic E-state index is 13.4. The quantitative estimate of drug-likeness (QED) is 0.101. The fourth-order valence-electron chi connectivity index (χ4n) is 4.11. The van der Waals surface area contributed by atoms with Gasteiger partial charge in [-0.2, -0.15) is 5.10 Å². The zero-order chi connectivity index (χ0) is 30.7. The molecule has 2 aromatic heterocycles. The van der Waals surface area contributed by atoms with Gasteiger partial charge in [-0.1, -0.05) is 6.07 Å². The van der Waals surface area contributed by atoms with E-state index >= 15 is 0 Å². The van der Waals surface area contributed by atoms with Crippen molar-refractivity contribution in [2.24, 2.45) is 0 Å². The largest absolute Gasteiger partial charge is 0.493 e. The first-order valence-electron chi connectivity index (χ1n) is 13.3. The summed E-state index contributed by atoms with van der Waals surface area (Å²) in [4.78, 5) is 40.7. The Balaban J connectivity index is 1.29. The number of benzene rings is 2. The van der Waals surface area contributed by atoms with Crippen LogP contribution in [0.3, 0.4) is 0 Å². The molecule has 0 saturated carbocycles. The number of rotatable bonds is 17. The number of nitrogens with zero attached hydrogens (tertiary/aromatic N) is 5. The number of nitrogens with one attached hydrogen (secondary N) is 2. The van der Waals surface area contributed by atoms with E-state index in [-0.39, 0.29) is 19.1 Å². The average Bonchev–Trinajstić information content (AvgIpc) is 3.39. The Labute approximate surface area is 247 Å². The highest BCUT2D eigenvalue weighted by molar-refractivity contribution is 7.46.